The lowest BCUT2D eigenvalue weighted by molar-refractivity contribution is 0.0729. The molecule has 1 aromatic carbocycles. The minimum atomic E-state index is 0.0179. The molecule has 0 saturated carbocycles. The fraction of sp³-hybridized carbons (Fsp3) is 0.533. The van der Waals surface area contributed by atoms with Gasteiger partial charge in [0.15, 0.2) is 0 Å². The first kappa shape index (κ1) is 15.8. The number of amides is 1. The number of hydrogen-bond acceptors (Lipinski definition) is 2. The zero-order valence-corrected chi connectivity index (χ0v) is 14.0. The molecule has 0 bridgehead atoms. The molecule has 110 valence electrons. The lowest BCUT2D eigenvalue weighted by Gasteiger charge is -2.29. The Labute approximate surface area is 133 Å². The first-order valence-corrected chi connectivity index (χ1v) is 8.24. The van der Waals surface area contributed by atoms with Gasteiger partial charge < -0.3 is 10.2 Å². The number of nitrogens with zero attached hydrogens (tertiary/aromatic N) is 1. The van der Waals surface area contributed by atoms with Gasteiger partial charge >= 0.3 is 0 Å². The molecule has 1 aromatic rings. The van der Waals surface area contributed by atoms with Gasteiger partial charge in [0.05, 0.1) is 10.6 Å². The van der Waals surface area contributed by atoms with E-state index < -0.39 is 0 Å². The molecule has 1 aliphatic heterocycles. The van der Waals surface area contributed by atoms with E-state index in [0.29, 0.717) is 23.0 Å². The summed E-state index contributed by atoms with van der Waals surface area (Å²) in [7, 11) is 0. The van der Waals surface area contributed by atoms with Crippen molar-refractivity contribution < 1.29 is 4.79 Å². The third kappa shape index (κ3) is 3.74. The monoisotopic (exact) mass is 358 g/mol. The maximum Gasteiger partial charge on any atom is 0.255 e. The molecule has 1 heterocycles. The van der Waals surface area contributed by atoms with Crippen molar-refractivity contribution in [3.05, 3.63) is 33.3 Å². The number of carbonyl (C=O) groups excluding carboxylic acids is 1. The number of hydrogen-bond donors (Lipinski definition) is 1. The largest absolute Gasteiger partial charge is 0.339 e. The number of carbonyl (C=O) groups is 1. The van der Waals surface area contributed by atoms with Crippen molar-refractivity contribution in [2.75, 3.05) is 26.2 Å². The Balaban J connectivity index is 2.10. The van der Waals surface area contributed by atoms with Crippen molar-refractivity contribution in [2.24, 2.45) is 5.92 Å². The molecule has 2 rings (SSSR count). The van der Waals surface area contributed by atoms with Crippen LogP contribution < -0.4 is 5.32 Å². The van der Waals surface area contributed by atoms with Crippen LogP contribution in [0.2, 0.25) is 5.02 Å². The maximum atomic E-state index is 12.6. The number of halogens is 2. The van der Waals surface area contributed by atoms with Crippen LogP contribution in [0.15, 0.2) is 22.7 Å². The highest BCUT2D eigenvalue weighted by atomic mass is 79.9. The van der Waals surface area contributed by atoms with Crippen molar-refractivity contribution in [1.29, 1.82) is 0 Å². The van der Waals surface area contributed by atoms with Gasteiger partial charge in [-0.2, -0.15) is 0 Å². The van der Waals surface area contributed by atoms with Crippen LogP contribution in [0.4, 0.5) is 0 Å². The first-order chi connectivity index (χ1) is 9.63. The Hall–Kier alpha value is -0.580. The van der Waals surface area contributed by atoms with Gasteiger partial charge in [0.1, 0.15) is 0 Å². The van der Waals surface area contributed by atoms with E-state index in [-0.39, 0.29) is 5.91 Å². The molecule has 3 nitrogen and oxygen atoms in total. The lowest BCUT2D eigenvalue weighted by atomic mass is 9.98. The summed E-state index contributed by atoms with van der Waals surface area (Å²) >= 11 is 9.60. The summed E-state index contributed by atoms with van der Waals surface area (Å²) in [6, 6.07) is 5.48. The van der Waals surface area contributed by atoms with Gasteiger partial charge in [0.25, 0.3) is 5.91 Å². The van der Waals surface area contributed by atoms with Crippen molar-refractivity contribution in [3.63, 3.8) is 0 Å². The van der Waals surface area contributed by atoms with Crippen LogP contribution in [-0.2, 0) is 0 Å². The summed E-state index contributed by atoms with van der Waals surface area (Å²) in [5, 5.41) is 3.89. The zero-order valence-electron chi connectivity index (χ0n) is 11.7. The van der Waals surface area contributed by atoms with Gasteiger partial charge in [-0.25, -0.2) is 0 Å². The third-order valence-electron chi connectivity index (χ3n) is 3.73. The van der Waals surface area contributed by atoms with E-state index in [1.54, 1.807) is 6.07 Å². The zero-order chi connectivity index (χ0) is 14.5. The van der Waals surface area contributed by atoms with Gasteiger partial charge in [-0.05, 0) is 66.8 Å². The lowest BCUT2D eigenvalue weighted by Crippen LogP contribution is -2.41. The van der Waals surface area contributed by atoms with Crippen LogP contribution in [0.25, 0.3) is 0 Å². The average molecular weight is 360 g/mol. The van der Waals surface area contributed by atoms with E-state index in [9.17, 15) is 4.79 Å². The second kappa shape index (κ2) is 7.43. The highest BCUT2D eigenvalue weighted by molar-refractivity contribution is 9.10. The van der Waals surface area contributed by atoms with Crippen LogP contribution in [0, 0.1) is 5.92 Å². The Morgan fingerprint density at radius 2 is 2.35 bits per heavy atom. The standard InChI is InChI=1S/C15H20BrClN2O/c1-2-19(10-11-5-4-8-18-9-11)15(20)12-6-3-7-13(16)14(12)17/h3,6-7,11,18H,2,4-5,8-10H2,1H3. The fourth-order valence-electron chi connectivity index (χ4n) is 2.59. The van der Waals surface area contributed by atoms with Crippen molar-refractivity contribution in [2.45, 2.75) is 19.8 Å². The Bertz CT molecular complexity index is 475. The molecule has 1 atom stereocenters. The molecule has 1 amide bonds. The third-order valence-corrected chi connectivity index (χ3v) is 5.02. The molecule has 5 heteroatoms. The van der Waals surface area contributed by atoms with Crippen LogP contribution in [0.5, 0.6) is 0 Å². The topological polar surface area (TPSA) is 32.3 Å². The molecular weight excluding hydrogens is 340 g/mol. The number of rotatable bonds is 4. The number of nitrogens with one attached hydrogen (secondary N) is 1. The number of benzene rings is 1. The molecule has 20 heavy (non-hydrogen) atoms. The summed E-state index contributed by atoms with van der Waals surface area (Å²) in [5.41, 5.74) is 0.576. The normalized spacial score (nSPS) is 18.9. The van der Waals surface area contributed by atoms with Crippen LogP contribution in [-0.4, -0.2) is 37.0 Å². The van der Waals surface area contributed by atoms with Crippen molar-refractivity contribution in [3.8, 4) is 0 Å². The summed E-state index contributed by atoms with van der Waals surface area (Å²) in [6.07, 6.45) is 2.37. The van der Waals surface area contributed by atoms with Crippen LogP contribution in [0.1, 0.15) is 30.1 Å². The van der Waals surface area contributed by atoms with Crippen LogP contribution >= 0.6 is 27.5 Å². The van der Waals surface area contributed by atoms with Gasteiger partial charge in [0, 0.05) is 17.6 Å². The maximum absolute atomic E-state index is 12.6. The van der Waals surface area contributed by atoms with Gasteiger partial charge in [-0.15, -0.1) is 0 Å². The van der Waals surface area contributed by atoms with E-state index in [0.717, 1.165) is 24.1 Å². The van der Waals surface area contributed by atoms with E-state index in [1.807, 2.05) is 24.0 Å². The molecule has 0 aromatic heterocycles. The molecule has 0 radical (unpaired) electrons. The van der Waals surface area contributed by atoms with Gasteiger partial charge in [-0.3, -0.25) is 4.79 Å². The van der Waals surface area contributed by atoms with E-state index in [2.05, 4.69) is 21.2 Å². The predicted octanol–water partition coefficient (Wildman–Crippen LogP) is 3.56. The second-order valence-corrected chi connectivity index (χ2v) is 6.39. The second-order valence-electron chi connectivity index (χ2n) is 5.16. The SMILES string of the molecule is CCN(CC1CCCNC1)C(=O)c1cccc(Br)c1Cl. The first-order valence-electron chi connectivity index (χ1n) is 7.07. The number of piperidine rings is 1. The Morgan fingerprint density at radius 1 is 1.55 bits per heavy atom. The van der Waals surface area contributed by atoms with Crippen molar-refractivity contribution >= 4 is 33.4 Å². The highest BCUT2D eigenvalue weighted by Crippen LogP contribution is 2.27. The highest BCUT2D eigenvalue weighted by Gasteiger charge is 2.22. The summed E-state index contributed by atoms with van der Waals surface area (Å²) in [5.74, 6) is 0.558. The molecule has 0 spiro atoms. The minimum Gasteiger partial charge on any atom is -0.339 e. The quantitative estimate of drug-likeness (QED) is 0.891. The summed E-state index contributed by atoms with van der Waals surface area (Å²) < 4.78 is 0.764. The molecule has 1 saturated heterocycles. The minimum absolute atomic E-state index is 0.0179. The molecule has 1 N–H and O–H groups in total. The predicted molar refractivity (Wildman–Crippen MR) is 86.3 cm³/mol. The molecule has 1 aliphatic rings. The summed E-state index contributed by atoms with van der Waals surface area (Å²) in [4.78, 5) is 14.5. The summed E-state index contributed by atoms with van der Waals surface area (Å²) in [6.45, 7) is 5.60. The Morgan fingerprint density at radius 3 is 3.00 bits per heavy atom. The molecule has 1 fully saturated rings. The van der Waals surface area contributed by atoms with Crippen molar-refractivity contribution in [1.82, 2.24) is 10.2 Å². The van der Waals surface area contributed by atoms with E-state index >= 15 is 0 Å². The van der Waals surface area contributed by atoms with E-state index in [1.165, 1.54) is 12.8 Å². The average Bonchev–Trinajstić information content (AvgIpc) is 2.48. The van der Waals surface area contributed by atoms with Gasteiger partial charge in [-0.1, -0.05) is 17.7 Å². The van der Waals surface area contributed by atoms with Crippen LogP contribution in [0.3, 0.4) is 0 Å². The Kier molecular flexibility index (Phi) is 5.87. The molecular formula is C15H20BrClN2O. The smallest absolute Gasteiger partial charge is 0.255 e. The fourth-order valence-corrected chi connectivity index (χ4v) is 3.16. The molecule has 1 unspecified atom stereocenters. The molecule has 0 aliphatic carbocycles. The van der Waals surface area contributed by atoms with Gasteiger partial charge in [0.2, 0.25) is 0 Å². The van der Waals surface area contributed by atoms with E-state index in [4.69, 9.17) is 11.6 Å².